The van der Waals surface area contributed by atoms with E-state index in [1.165, 1.54) is 12.3 Å². The SMILES string of the molecule is CC(C)c1nn2c(c1Br)NCCC2c1ccc(F)cn1. The maximum Gasteiger partial charge on any atom is 0.141 e. The van der Waals surface area contributed by atoms with Crippen LogP contribution in [0.15, 0.2) is 22.8 Å². The third-order valence-corrected chi connectivity index (χ3v) is 4.30. The molecule has 106 valence electrons. The summed E-state index contributed by atoms with van der Waals surface area (Å²) in [6, 6.07) is 3.24. The monoisotopic (exact) mass is 338 g/mol. The number of nitrogens with one attached hydrogen (secondary N) is 1. The molecule has 1 N–H and O–H groups in total. The second kappa shape index (κ2) is 5.16. The molecule has 20 heavy (non-hydrogen) atoms. The molecule has 0 bridgehead atoms. The van der Waals surface area contributed by atoms with Gasteiger partial charge in [0.25, 0.3) is 0 Å². The predicted molar refractivity (Wildman–Crippen MR) is 79.5 cm³/mol. The minimum Gasteiger partial charge on any atom is -0.369 e. The van der Waals surface area contributed by atoms with Gasteiger partial charge in [0.1, 0.15) is 11.6 Å². The molecular formula is C14H16BrFN4. The Bertz CT molecular complexity index is 621. The summed E-state index contributed by atoms with van der Waals surface area (Å²) in [6.07, 6.45) is 2.15. The molecule has 1 aliphatic rings. The number of pyridine rings is 1. The van der Waals surface area contributed by atoms with Crippen LogP contribution in [0, 0.1) is 5.82 Å². The minimum atomic E-state index is -0.313. The topological polar surface area (TPSA) is 42.7 Å². The highest BCUT2D eigenvalue weighted by Crippen LogP contribution is 2.37. The zero-order chi connectivity index (χ0) is 14.3. The zero-order valence-corrected chi connectivity index (χ0v) is 13.0. The van der Waals surface area contributed by atoms with Gasteiger partial charge in [-0.05, 0) is 40.4 Å². The Morgan fingerprint density at radius 3 is 2.90 bits per heavy atom. The highest BCUT2D eigenvalue weighted by Gasteiger charge is 2.28. The smallest absolute Gasteiger partial charge is 0.141 e. The van der Waals surface area contributed by atoms with Crippen molar-refractivity contribution in [2.75, 3.05) is 11.9 Å². The van der Waals surface area contributed by atoms with E-state index in [4.69, 9.17) is 5.10 Å². The van der Waals surface area contributed by atoms with Gasteiger partial charge < -0.3 is 5.32 Å². The first kappa shape index (κ1) is 13.5. The van der Waals surface area contributed by atoms with Crippen LogP contribution in [0.5, 0.6) is 0 Å². The van der Waals surface area contributed by atoms with Crippen LogP contribution in [0.3, 0.4) is 0 Å². The first-order chi connectivity index (χ1) is 9.58. The average Bonchev–Trinajstić information content (AvgIpc) is 2.78. The van der Waals surface area contributed by atoms with E-state index in [2.05, 4.69) is 40.1 Å². The number of aromatic nitrogens is 3. The first-order valence-corrected chi connectivity index (χ1v) is 7.50. The van der Waals surface area contributed by atoms with Crippen molar-refractivity contribution >= 4 is 21.7 Å². The molecule has 1 aliphatic heterocycles. The number of nitrogens with zero attached hydrogens (tertiary/aromatic N) is 3. The van der Waals surface area contributed by atoms with Gasteiger partial charge in [-0.2, -0.15) is 5.10 Å². The summed E-state index contributed by atoms with van der Waals surface area (Å²) in [5, 5.41) is 8.07. The lowest BCUT2D eigenvalue weighted by molar-refractivity contribution is 0.464. The van der Waals surface area contributed by atoms with E-state index in [1.54, 1.807) is 6.07 Å². The highest BCUT2D eigenvalue weighted by molar-refractivity contribution is 9.10. The van der Waals surface area contributed by atoms with E-state index in [0.29, 0.717) is 5.92 Å². The van der Waals surface area contributed by atoms with Crippen molar-refractivity contribution in [3.8, 4) is 0 Å². The van der Waals surface area contributed by atoms with E-state index in [1.807, 2.05) is 4.68 Å². The lowest BCUT2D eigenvalue weighted by atomic mass is 10.1. The van der Waals surface area contributed by atoms with Gasteiger partial charge in [-0.15, -0.1) is 0 Å². The van der Waals surface area contributed by atoms with Crippen LogP contribution in [0.1, 0.15) is 43.6 Å². The number of rotatable bonds is 2. The number of fused-ring (bicyclic) bond motifs is 1. The van der Waals surface area contributed by atoms with Gasteiger partial charge in [-0.3, -0.25) is 4.98 Å². The molecule has 3 rings (SSSR count). The van der Waals surface area contributed by atoms with Crippen molar-refractivity contribution in [1.82, 2.24) is 14.8 Å². The second-order valence-electron chi connectivity index (χ2n) is 5.28. The Labute approximate surface area is 125 Å². The normalized spacial score (nSPS) is 17.9. The number of anilines is 1. The molecule has 0 aromatic carbocycles. The van der Waals surface area contributed by atoms with Gasteiger partial charge in [0, 0.05) is 6.54 Å². The maximum atomic E-state index is 13.0. The van der Waals surface area contributed by atoms with E-state index < -0.39 is 0 Å². The molecule has 1 unspecified atom stereocenters. The Kier molecular flexibility index (Phi) is 3.50. The predicted octanol–water partition coefficient (Wildman–Crippen LogP) is 3.71. The molecular weight excluding hydrogens is 323 g/mol. The maximum absolute atomic E-state index is 13.0. The molecule has 0 radical (unpaired) electrons. The molecule has 2 aromatic rings. The number of hydrogen-bond donors (Lipinski definition) is 1. The quantitative estimate of drug-likeness (QED) is 0.907. The van der Waals surface area contributed by atoms with Gasteiger partial charge in [-0.1, -0.05) is 13.8 Å². The van der Waals surface area contributed by atoms with Crippen molar-refractivity contribution < 1.29 is 4.39 Å². The lowest BCUT2D eigenvalue weighted by Gasteiger charge is -2.25. The van der Waals surface area contributed by atoms with E-state index in [0.717, 1.165) is 34.6 Å². The summed E-state index contributed by atoms with van der Waals surface area (Å²) in [6.45, 7) is 5.08. The molecule has 1 atom stereocenters. The average molecular weight is 339 g/mol. The van der Waals surface area contributed by atoms with Gasteiger partial charge in [0.05, 0.1) is 28.1 Å². The van der Waals surface area contributed by atoms with E-state index >= 15 is 0 Å². The largest absolute Gasteiger partial charge is 0.369 e. The first-order valence-electron chi connectivity index (χ1n) is 6.71. The summed E-state index contributed by atoms with van der Waals surface area (Å²) in [4.78, 5) is 4.21. The molecule has 0 aliphatic carbocycles. The van der Waals surface area contributed by atoms with Crippen molar-refractivity contribution in [2.45, 2.75) is 32.2 Å². The molecule has 0 saturated heterocycles. The standard InChI is InChI=1S/C14H16BrFN4/c1-8(2)13-12(15)14-17-6-5-11(20(14)19-13)10-4-3-9(16)7-18-10/h3-4,7-8,11,17H,5-6H2,1-2H3. The van der Waals surface area contributed by atoms with Crippen LogP contribution in [-0.4, -0.2) is 21.3 Å². The highest BCUT2D eigenvalue weighted by atomic mass is 79.9. The zero-order valence-electron chi connectivity index (χ0n) is 11.4. The molecule has 2 aromatic heterocycles. The summed E-state index contributed by atoms with van der Waals surface area (Å²) < 4.78 is 16.0. The van der Waals surface area contributed by atoms with Crippen LogP contribution in [0.25, 0.3) is 0 Å². The van der Waals surface area contributed by atoms with E-state index in [9.17, 15) is 4.39 Å². The third-order valence-electron chi connectivity index (χ3n) is 3.52. The summed E-state index contributed by atoms with van der Waals surface area (Å²) in [5.74, 6) is 1.01. The Balaban J connectivity index is 2.05. The lowest BCUT2D eigenvalue weighted by Crippen LogP contribution is -2.25. The molecule has 0 spiro atoms. The minimum absolute atomic E-state index is 0.0515. The van der Waals surface area contributed by atoms with Crippen LogP contribution in [0.4, 0.5) is 10.2 Å². The van der Waals surface area contributed by atoms with Crippen molar-refractivity contribution in [3.63, 3.8) is 0 Å². The number of halogens is 2. The van der Waals surface area contributed by atoms with Crippen molar-refractivity contribution in [3.05, 3.63) is 40.0 Å². The molecule has 3 heterocycles. The van der Waals surface area contributed by atoms with E-state index in [-0.39, 0.29) is 11.9 Å². The molecule has 0 fully saturated rings. The molecule has 0 saturated carbocycles. The van der Waals surface area contributed by atoms with Crippen LogP contribution in [0.2, 0.25) is 0 Å². The van der Waals surface area contributed by atoms with Crippen molar-refractivity contribution in [1.29, 1.82) is 0 Å². The van der Waals surface area contributed by atoms with Crippen LogP contribution < -0.4 is 5.32 Å². The van der Waals surface area contributed by atoms with Crippen molar-refractivity contribution in [2.24, 2.45) is 0 Å². The summed E-state index contributed by atoms with van der Waals surface area (Å²) in [7, 11) is 0. The fourth-order valence-electron chi connectivity index (χ4n) is 2.49. The van der Waals surface area contributed by atoms with Gasteiger partial charge in [0.15, 0.2) is 0 Å². The number of hydrogen-bond acceptors (Lipinski definition) is 3. The second-order valence-corrected chi connectivity index (χ2v) is 6.07. The van der Waals surface area contributed by atoms with Gasteiger partial charge in [0.2, 0.25) is 0 Å². The van der Waals surface area contributed by atoms with Crippen LogP contribution in [-0.2, 0) is 0 Å². The van der Waals surface area contributed by atoms with Crippen LogP contribution >= 0.6 is 15.9 Å². The Hall–Kier alpha value is -1.43. The molecule has 4 nitrogen and oxygen atoms in total. The van der Waals surface area contributed by atoms with Gasteiger partial charge in [-0.25, -0.2) is 9.07 Å². The summed E-state index contributed by atoms with van der Waals surface area (Å²) >= 11 is 3.62. The Morgan fingerprint density at radius 1 is 1.45 bits per heavy atom. The molecule has 6 heteroatoms. The summed E-state index contributed by atoms with van der Waals surface area (Å²) in [5.41, 5.74) is 1.88. The van der Waals surface area contributed by atoms with Gasteiger partial charge >= 0.3 is 0 Å². The molecule has 0 amide bonds. The fraction of sp³-hybridized carbons (Fsp3) is 0.429. The third kappa shape index (κ3) is 2.22. The fourth-order valence-corrected chi connectivity index (χ4v) is 3.35. The Morgan fingerprint density at radius 2 is 2.25 bits per heavy atom.